The molecule has 0 aliphatic carbocycles. The summed E-state index contributed by atoms with van der Waals surface area (Å²) in [6.45, 7) is 14.1. The molecule has 11 heavy (non-hydrogen) atoms. The van der Waals surface area contributed by atoms with Gasteiger partial charge < -0.3 is 4.90 Å². The lowest BCUT2D eigenvalue weighted by atomic mass is 10.5. The van der Waals surface area contributed by atoms with Crippen molar-refractivity contribution in [1.29, 1.82) is 0 Å². The Balaban J connectivity index is -0.0000000564. The topological polar surface area (TPSA) is 3.24 Å². The molecule has 0 heterocycles. The summed E-state index contributed by atoms with van der Waals surface area (Å²) in [5.41, 5.74) is 0. The van der Waals surface area contributed by atoms with Crippen LogP contribution in [0, 0.1) is 0 Å². The molecule has 0 fully saturated rings. The van der Waals surface area contributed by atoms with Crippen LogP contribution in [-0.2, 0) is 0 Å². The van der Waals surface area contributed by atoms with Gasteiger partial charge in [-0.2, -0.15) is 0 Å². The van der Waals surface area contributed by atoms with Gasteiger partial charge in [0.15, 0.2) is 0 Å². The van der Waals surface area contributed by atoms with Crippen LogP contribution in [-0.4, -0.2) is 24.5 Å². The Labute approximate surface area is 74.8 Å². The standard InChI is InChI=1S/C6H15N.C2H6.2CH4/c1-4-7(5-2)6-3;1-2;;/h4-6H2,1-3H3;1-2H3;2*1H4. The highest BCUT2D eigenvalue weighted by Crippen LogP contribution is 1.81. The first-order chi connectivity index (χ1) is 4.35. The summed E-state index contributed by atoms with van der Waals surface area (Å²) < 4.78 is 0. The van der Waals surface area contributed by atoms with Crippen LogP contribution in [0.25, 0.3) is 0 Å². The second-order valence-electron chi connectivity index (χ2n) is 1.62. The summed E-state index contributed by atoms with van der Waals surface area (Å²) >= 11 is 0. The van der Waals surface area contributed by atoms with Crippen molar-refractivity contribution < 1.29 is 0 Å². The Morgan fingerprint density at radius 1 is 0.727 bits per heavy atom. The van der Waals surface area contributed by atoms with Crippen molar-refractivity contribution in [3.05, 3.63) is 0 Å². The molecule has 0 aliphatic heterocycles. The molecule has 0 N–H and O–H groups in total. The van der Waals surface area contributed by atoms with Gasteiger partial charge >= 0.3 is 0 Å². The van der Waals surface area contributed by atoms with Crippen molar-refractivity contribution in [1.82, 2.24) is 4.90 Å². The molecule has 0 aromatic rings. The van der Waals surface area contributed by atoms with Crippen molar-refractivity contribution in [3.8, 4) is 0 Å². The summed E-state index contributed by atoms with van der Waals surface area (Å²) in [7, 11) is 0. The maximum absolute atomic E-state index is 2.38. The lowest BCUT2D eigenvalue weighted by Gasteiger charge is -2.13. The largest absolute Gasteiger partial charge is 0.304 e. The lowest BCUT2D eigenvalue weighted by molar-refractivity contribution is 0.321. The summed E-state index contributed by atoms with van der Waals surface area (Å²) in [6.07, 6.45) is 0. The van der Waals surface area contributed by atoms with Crippen LogP contribution in [0.3, 0.4) is 0 Å². The highest BCUT2D eigenvalue weighted by molar-refractivity contribution is 4.43. The molecule has 0 aliphatic rings. The third-order valence-corrected chi connectivity index (χ3v) is 1.34. The van der Waals surface area contributed by atoms with Crippen LogP contribution in [0.2, 0.25) is 0 Å². The van der Waals surface area contributed by atoms with Crippen LogP contribution < -0.4 is 0 Å². The van der Waals surface area contributed by atoms with E-state index >= 15 is 0 Å². The molecule has 1 nitrogen and oxygen atoms in total. The number of nitrogens with zero attached hydrogens (tertiary/aromatic N) is 1. The molecule has 0 aromatic carbocycles. The third kappa shape index (κ3) is 17.8. The smallest absolute Gasteiger partial charge is 0.00474 e. The van der Waals surface area contributed by atoms with E-state index in [2.05, 4.69) is 25.7 Å². The molecule has 0 aromatic heterocycles. The Bertz CT molecular complexity index is 26.3. The van der Waals surface area contributed by atoms with Crippen molar-refractivity contribution in [2.75, 3.05) is 19.6 Å². The SMILES string of the molecule is C.C.CC.CCN(CC)CC. The first kappa shape index (κ1) is 22.4. The minimum atomic E-state index is 0. The van der Waals surface area contributed by atoms with Crippen LogP contribution in [0.5, 0.6) is 0 Å². The Hall–Kier alpha value is -0.0400. The third-order valence-electron chi connectivity index (χ3n) is 1.34. The van der Waals surface area contributed by atoms with E-state index in [0.29, 0.717) is 0 Å². The zero-order valence-corrected chi connectivity index (χ0v) is 7.57. The predicted molar refractivity (Wildman–Crippen MR) is 58.3 cm³/mol. The van der Waals surface area contributed by atoms with Gasteiger partial charge in [0.05, 0.1) is 0 Å². The van der Waals surface area contributed by atoms with Gasteiger partial charge in [0.1, 0.15) is 0 Å². The second kappa shape index (κ2) is 22.5. The maximum atomic E-state index is 2.38. The molecule has 1 heteroatoms. The molecular formula is C10H29N. The van der Waals surface area contributed by atoms with Gasteiger partial charge in [0.25, 0.3) is 0 Å². The minimum absolute atomic E-state index is 0. The lowest BCUT2D eigenvalue weighted by Crippen LogP contribution is -2.21. The molecule has 0 saturated heterocycles. The zero-order chi connectivity index (χ0) is 7.70. The van der Waals surface area contributed by atoms with E-state index in [1.807, 2.05) is 13.8 Å². The minimum Gasteiger partial charge on any atom is -0.304 e. The molecule has 74 valence electrons. The Kier molecular flexibility index (Phi) is 45.9. The van der Waals surface area contributed by atoms with Gasteiger partial charge in [-0.1, -0.05) is 49.5 Å². The van der Waals surface area contributed by atoms with Crippen LogP contribution >= 0.6 is 0 Å². The van der Waals surface area contributed by atoms with Gasteiger partial charge in [0.2, 0.25) is 0 Å². The fraction of sp³-hybridized carbons (Fsp3) is 1.00. The average Bonchev–Trinajstić information content (AvgIpc) is 1.96. The Morgan fingerprint density at radius 3 is 0.909 bits per heavy atom. The van der Waals surface area contributed by atoms with E-state index in [1.54, 1.807) is 0 Å². The van der Waals surface area contributed by atoms with Crippen LogP contribution in [0.4, 0.5) is 0 Å². The highest BCUT2D eigenvalue weighted by atomic mass is 15.1. The molecule has 0 atom stereocenters. The molecular weight excluding hydrogens is 134 g/mol. The average molecular weight is 163 g/mol. The molecule has 0 unspecified atom stereocenters. The fourth-order valence-corrected chi connectivity index (χ4v) is 0.671. The van der Waals surface area contributed by atoms with Gasteiger partial charge in [-0.05, 0) is 19.6 Å². The van der Waals surface area contributed by atoms with Crippen molar-refractivity contribution in [3.63, 3.8) is 0 Å². The number of rotatable bonds is 3. The van der Waals surface area contributed by atoms with E-state index in [0.717, 1.165) is 0 Å². The normalized spacial score (nSPS) is 7.09. The quantitative estimate of drug-likeness (QED) is 0.614. The van der Waals surface area contributed by atoms with E-state index in [4.69, 9.17) is 0 Å². The maximum Gasteiger partial charge on any atom is -0.00474 e. The summed E-state index contributed by atoms with van der Waals surface area (Å²) in [5, 5.41) is 0. The fourth-order valence-electron chi connectivity index (χ4n) is 0.671. The highest BCUT2D eigenvalue weighted by Gasteiger charge is 1.89. The van der Waals surface area contributed by atoms with Crippen molar-refractivity contribution in [2.45, 2.75) is 49.5 Å². The van der Waals surface area contributed by atoms with E-state index in [-0.39, 0.29) is 14.9 Å². The van der Waals surface area contributed by atoms with Gasteiger partial charge in [0, 0.05) is 0 Å². The Morgan fingerprint density at radius 2 is 0.909 bits per heavy atom. The summed E-state index contributed by atoms with van der Waals surface area (Å²) in [5.74, 6) is 0. The summed E-state index contributed by atoms with van der Waals surface area (Å²) in [6, 6.07) is 0. The molecule has 0 bridgehead atoms. The van der Waals surface area contributed by atoms with Gasteiger partial charge in [-0.15, -0.1) is 0 Å². The molecule has 0 saturated carbocycles. The number of hydrogen-bond acceptors (Lipinski definition) is 1. The molecule has 0 spiro atoms. The molecule has 0 rings (SSSR count). The van der Waals surface area contributed by atoms with Crippen molar-refractivity contribution >= 4 is 0 Å². The van der Waals surface area contributed by atoms with Crippen LogP contribution in [0.1, 0.15) is 49.5 Å². The summed E-state index contributed by atoms with van der Waals surface area (Å²) in [4.78, 5) is 2.38. The first-order valence-electron chi connectivity index (χ1n) is 4.07. The van der Waals surface area contributed by atoms with Crippen LogP contribution in [0.15, 0.2) is 0 Å². The second-order valence-corrected chi connectivity index (χ2v) is 1.62. The monoisotopic (exact) mass is 163 g/mol. The van der Waals surface area contributed by atoms with Crippen molar-refractivity contribution in [2.24, 2.45) is 0 Å². The molecule has 0 amide bonds. The van der Waals surface area contributed by atoms with Gasteiger partial charge in [-0.25, -0.2) is 0 Å². The first-order valence-corrected chi connectivity index (χ1v) is 4.07. The van der Waals surface area contributed by atoms with E-state index < -0.39 is 0 Å². The van der Waals surface area contributed by atoms with E-state index in [1.165, 1.54) is 19.6 Å². The molecule has 0 radical (unpaired) electrons. The zero-order valence-electron chi connectivity index (χ0n) is 7.57. The predicted octanol–water partition coefficient (Wildman–Crippen LogP) is 3.65. The number of hydrogen-bond donors (Lipinski definition) is 0. The van der Waals surface area contributed by atoms with Gasteiger partial charge in [-0.3, -0.25) is 0 Å². The van der Waals surface area contributed by atoms with E-state index in [9.17, 15) is 0 Å².